The maximum Gasteiger partial charge on any atom is 0.141 e. The first kappa shape index (κ1) is 13.3. The molecule has 1 N–H and O–H groups in total. The van der Waals surface area contributed by atoms with Gasteiger partial charge in [-0.3, -0.25) is 4.98 Å². The van der Waals surface area contributed by atoms with E-state index in [0.29, 0.717) is 28.0 Å². The molecule has 0 spiro atoms. The molecule has 0 aliphatic rings. The van der Waals surface area contributed by atoms with E-state index in [1.54, 1.807) is 10.7 Å². The molecular formula is C11H12Cl2N4O. The van der Waals surface area contributed by atoms with Gasteiger partial charge in [-0.1, -0.05) is 35.3 Å². The van der Waals surface area contributed by atoms with Gasteiger partial charge in [0.05, 0.1) is 27.6 Å². The van der Waals surface area contributed by atoms with Crippen LogP contribution >= 0.6 is 23.2 Å². The van der Waals surface area contributed by atoms with Crippen molar-refractivity contribution in [2.24, 2.45) is 0 Å². The summed E-state index contributed by atoms with van der Waals surface area (Å²) < 4.78 is 1.64. The molecule has 18 heavy (non-hydrogen) atoms. The number of aliphatic hydroxyl groups excluding tert-OH is 1. The molecule has 2 aromatic rings. The number of halogens is 2. The molecule has 2 heterocycles. The summed E-state index contributed by atoms with van der Waals surface area (Å²) in [6.45, 7) is 2.70. The number of hydrogen-bond donors (Lipinski definition) is 1. The molecule has 0 saturated heterocycles. The quantitative estimate of drug-likeness (QED) is 0.938. The van der Waals surface area contributed by atoms with E-state index in [-0.39, 0.29) is 0 Å². The number of rotatable bonds is 4. The van der Waals surface area contributed by atoms with E-state index in [4.69, 9.17) is 23.2 Å². The third kappa shape index (κ3) is 2.63. The minimum absolute atomic E-state index is 0.319. The summed E-state index contributed by atoms with van der Waals surface area (Å²) in [5.74, 6) is 0. The Morgan fingerprint density at radius 3 is 2.83 bits per heavy atom. The van der Waals surface area contributed by atoms with Crippen LogP contribution < -0.4 is 0 Å². The lowest BCUT2D eigenvalue weighted by molar-refractivity contribution is 0.202. The van der Waals surface area contributed by atoms with Crippen LogP contribution in [0.15, 0.2) is 18.5 Å². The highest BCUT2D eigenvalue weighted by molar-refractivity contribution is 6.34. The van der Waals surface area contributed by atoms with Gasteiger partial charge < -0.3 is 5.11 Å². The summed E-state index contributed by atoms with van der Waals surface area (Å²) in [4.78, 5) is 4.05. The van der Waals surface area contributed by atoms with Gasteiger partial charge in [-0.15, -0.1) is 5.10 Å². The summed E-state index contributed by atoms with van der Waals surface area (Å²) in [6.07, 6.45) is 2.88. The molecular weight excluding hydrogens is 275 g/mol. The zero-order valence-corrected chi connectivity index (χ0v) is 11.2. The van der Waals surface area contributed by atoms with Crippen molar-refractivity contribution in [2.75, 3.05) is 0 Å². The fraction of sp³-hybridized carbons (Fsp3) is 0.364. The summed E-state index contributed by atoms with van der Waals surface area (Å²) in [5, 5.41) is 18.7. The van der Waals surface area contributed by atoms with Gasteiger partial charge in [-0.05, 0) is 12.5 Å². The molecule has 0 aliphatic carbocycles. The molecule has 1 atom stereocenters. The van der Waals surface area contributed by atoms with Gasteiger partial charge >= 0.3 is 0 Å². The molecule has 2 aromatic heterocycles. The lowest BCUT2D eigenvalue weighted by Crippen LogP contribution is -2.11. The molecule has 0 fully saturated rings. The van der Waals surface area contributed by atoms with Gasteiger partial charge in [-0.2, -0.15) is 0 Å². The van der Waals surface area contributed by atoms with Crippen LogP contribution in [0.1, 0.15) is 30.8 Å². The van der Waals surface area contributed by atoms with E-state index >= 15 is 0 Å². The number of aromatic nitrogens is 4. The number of hydrogen-bond acceptors (Lipinski definition) is 4. The monoisotopic (exact) mass is 286 g/mol. The minimum atomic E-state index is -0.962. The molecule has 0 bridgehead atoms. The average Bonchev–Trinajstić information content (AvgIpc) is 2.77. The Bertz CT molecular complexity index is 544. The van der Waals surface area contributed by atoms with E-state index in [1.807, 2.05) is 6.92 Å². The van der Waals surface area contributed by atoms with Crippen LogP contribution in [0.5, 0.6) is 0 Å². The summed E-state index contributed by atoms with van der Waals surface area (Å²) in [5.41, 5.74) is 0.911. The predicted octanol–water partition coefficient (Wildman–Crippen LogP) is 2.47. The van der Waals surface area contributed by atoms with Crippen molar-refractivity contribution in [3.8, 4) is 0 Å². The molecule has 2 rings (SSSR count). The first-order valence-corrected chi connectivity index (χ1v) is 6.26. The first-order chi connectivity index (χ1) is 8.63. The Balaban J connectivity index is 2.35. The van der Waals surface area contributed by atoms with Crippen LogP contribution in [0.3, 0.4) is 0 Å². The Kier molecular flexibility index (Phi) is 4.16. The average molecular weight is 287 g/mol. The zero-order valence-electron chi connectivity index (χ0n) is 9.72. The van der Waals surface area contributed by atoms with Gasteiger partial charge in [0.25, 0.3) is 0 Å². The topological polar surface area (TPSA) is 63.8 Å². The van der Waals surface area contributed by atoms with E-state index in [2.05, 4.69) is 15.3 Å². The summed E-state index contributed by atoms with van der Waals surface area (Å²) in [7, 11) is 0. The molecule has 0 aliphatic heterocycles. The highest BCUT2D eigenvalue weighted by Crippen LogP contribution is 2.27. The van der Waals surface area contributed by atoms with Crippen LogP contribution in [-0.2, 0) is 6.54 Å². The van der Waals surface area contributed by atoms with Gasteiger partial charge in [0.15, 0.2) is 0 Å². The number of aliphatic hydroxyl groups is 1. The molecule has 0 saturated carbocycles. The molecule has 5 nitrogen and oxygen atoms in total. The fourth-order valence-electron chi connectivity index (χ4n) is 1.63. The van der Waals surface area contributed by atoms with Gasteiger partial charge in [0, 0.05) is 12.7 Å². The Morgan fingerprint density at radius 2 is 2.17 bits per heavy atom. The maximum absolute atomic E-state index is 10.3. The molecule has 0 aromatic carbocycles. The van der Waals surface area contributed by atoms with Crippen LogP contribution in [-0.4, -0.2) is 25.1 Å². The van der Waals surface area contributed by atoms with Crippen LogP contribution in [0, 0.1) is 0 Å². The second-order valence-corrected chi connectivity index (χ2v) is 4.65. The van der Waals surface area contributed by atoms with Crippen molar-refractivity contribution in [2.45, 2.75) is 26.0 Å². The summed E-state index contributed by atoms with van der Waals surface area (Å²) in [6, 6.07) is 1.54. The van der Waals surface area contributed by atoms with Gasteiger partial charge in [-0.25, -0.2) is 4.68 Å². The highest BCUT2D eigenvalue weighted by Gasteiger charge is 2.20. The van der Waals surface area contributed by atoms with E-state index in [0.717, 1.165) is 6.42 Å². The van der Waals surface area contributed by atoms with E-state index in [1.165, 1.54) is 12.4 Å². The molecule has 0 radical (unpaired) electrons. The number of aryl methyl sites for hydroxylation is 1. The van der Waals surface area contributed by atoms with E-state index < -0.39 is 6.10 Å². The normalized spacial score (nSPS) is 12.7. The number of pyridine rings is 1. The Labute approximate surface area is 114 Å². The van der Waals surface area contributed by atoms with Crippen LogP contribution in [0.25, 0.3) is 0 Å². The Morgan fingerprint density at radius 1 is 1.39 bits per heavy atom. The second-order valence-electron chi connectivity index (χ2n) is 3.81. The number of nitrogens with zero attached hydrogens (tertiary/aromatic N) is 4. The summed E-state index contributed by atoms with van der Waals surface area (Å²) >= 11 is 11.8. The largest absolute Gasteiger partial charge is 0.380 e. The van der Waals surface area contributed by atoms with Crippen molar-refractivity contribution in [3.63, 3.8) is 0 Å². The van der Waals surface area contributed by atoms with Crippen molar-refractivity contribution in [1.82, 2.24) is 20.0 Å². The molecule has 7 heteroatoms. The zero-order chi connectivity index (χ0) is 13.1. The molecule has 1 unspecified atom stereocenters. The van der Waals surface area contributed by atoms with Crippen molar-refractivity contribution in [3.05, 3.63) is 39.9 Å². The van der Waals surface area contributed by atoms with Crippen LogP contribution in [0.2, 0.25) is 10.0 Å². The first-order valence-electron chi connectivity index (χ1n) is 5.51. The lowest BCUT2D eigenvalue weighted by atomic mass is 10.2. The maximum atomic E-state index is 10.3. The fourth-order valence-corrected chi connectivity index (χ4v) is 2.11. The SMILES string of the molecule is CCCn1nncc1C(O)c1ncc(Cl)cc1Cl. The third-order valence-electron chi connectivity index (χ3n) is 2.46. The van der Waals surface area contributed by atoms with Crippen molar-refractivity contribution >= 4 is 23.2 Å². The third-order valence-corrected chi connectivity index (χ3v) is 2.97. The van der Waals surface area contributed by atoms with E-state index in [9.17, 15) is 5.11 Å². The standard InChI is InChI=1S/C11H12Cl2N4O/c1-2-3-17-9(6-15-16-17)11(18)10-8(13)4-7(12)5-14-10/h4-6,11,18H,2-3H2,1H3. The highest BCUT2D eigenvalue weighted by atomic mass is 35.5. The molecule has 96 valence electrons. The van der Waals surface area contributed by atoms with Gasteiger partial charge in [0.2, 0.25) is 0 Å². The van der Waals surface area contributed by atoms with Crippen molar-refractivity contribution < 1.29 is 5.11 Å². The lowest BCUT2D eigenvalue weighted by Gasteiger charge is -2.12. The smallest absolute Gasteiger partial charge is 0.141 e. The Hall–Kier alpha value is -1.17. The molecule has 0 amide bonds. The minimum Gasteiger partial charge on any atom is -0.380 e. The van der Waals surface area contributed by atoms with Crippen molar-refractivity contribution in [1.29, 1.82) is 0 Å². The van der Waals surface area contributed by atoms with Crippen LogP contribution in [0.4, 0.5) is 0 Å². The second kappa shape index (κ2) is 5.65. The van der Waals surface area contributed by atoms with Gasteiger partial charge in [0.1, 0.15) is 6.10 Å². The predicted molar refractivity (Wildman–Crippen MR) is 68.6 cm³/mol.